The van der Waals surface area contributed by atoms with Gasteiger partial charge in [0, 0.05) is 48.6 Å². The van der Waals surface area contributed by atoms with Crippen molar-refractivity contribution in [2.45, 2.75) is 31.9 Å². The molecule has 30 heavy (non-hydrogen) atoms. The lowest BCUT2D eigenvalue weighted by atomic mass is 10.1. The predicted octanol–water partition coefficient (Wildman–Crippen LogP) is 3.17. The van der Waals surface area contributed by atoms with Gasteiger partial charge in [-0.3, -0.25) is 9.59 Å². The first kappa shape index (κ1) is 18.5. The van der Waals surface area contributed by atoms with Crippen LogP contribution in [0.25, 0.3) is 10.9 Å². The minimum Gasteiger partial charge on any atom is -0.454 e. The molecule has 3 aromatic rings. The molecule has 1 atom stereocenters. The lowest BCUT2D eigenvalue weighted by molar-refractivity contribution is -0.153. The summed E-state index contributed by atoms with van der Waals surface area (Å²) in [5, 5.41) is 1.15. The van der Waals surface area contributed by atoms with E-state index >= 15 is 0 Å². The van der Waals surface area contributed by atoms with Crippen LogP contribution in [0.15, 0.2) is 48.7 Å². The summed E-state index contributed by atoms with van der Waals surface area (Å²) >= 11 is 0. The minimum absolute atomic E-state index is 0.169. The number of cyclic esters (lactones) is 1. The number of ether oxygens (including phenoxy) is 3. The Labute approximate surface area is 173 Å². The largest absolute Gasteiger partial charge is 0.454 e. The number of aromatic amines is 1. The maximum Gasteiger partial charge on any atom is 0.306 e. The first-order chi connectivity index (χ1) is 14.7. The molecule has 2 aliphatic rings. The third kappa shape index (κ3) is 3.47. The SMILES string of the molecule is O=C1CC[C@@H](C(=O)N(CCc2c[nH]c3ccccc23)Cc2cccc3c2OCO3)O1. The number of nitrogens with one attached hydrogen (secondary N) is 1. The first-order valence-electron chi connectivity index (χ1n) is 10.1. The zero-order chi connectivity index (χ0) is 20.5. The van der Waals surface area contributed by atoms with Gasteiger partial charge < -0.3 is 24.1 Å². The molecule has 7 nitrogen and oxygen atoms in total. The topological polar surface area (TPSA) is 80.9 Å². The van der Waals surface area contributed by atoms with E-state index in [1.807, 2.05) is 42.6 Å². The van der Waals surface area contributed by atoms with Crippen LogP contribution in [-0.4, -0.2) is 41.2 Å². The van der Waals surface area contributed by atoms with Gasteiger partial charge in [-0.05, 0) is 24.1 Å². The van der Waals surface area contributed by atoms with Gasteiger partial charge in [0.25, 0.3) is 5.91 Å². The number of benzene rings is 2. The van der Waals surface area contributed by atoms with Gasteiger partial charge in [0.1, 0.15) is 0 Å². The van der Waals surface area contributed by atoms with E-state index in [2.05, 4.69) is 11.1 Å². The van der Waals surface area contributed by atoms with Crippen LogP contribution in [0, 0.1) is 0 Å². The number of esters is 1. The van der Waals surface area contributed by atoms with E-state index in [1.54, 1.807) is 4.90 Å². The van der Waals surface area contributed by atoms with Gasteiger partial charge in [-0.2, -0.15) is 0 Å². The molecule has 1 saturated heterocycles. The molecule has 2 aliphatic heterocycles. The molecule has 0 saturated carbocycles. The molecule has 7 heteroatoms. The summed E-state index contributed by atoms with van der Waals surface area (Å²) in [7, 11) is 0. The molecule has 1 fully saturated rings. The number of hydrogen-bond donors (Lipinski definition) is 1. The smallest absolute Gasteiger partial charge is 0.306 e. The molecule has 154 valence electrons. The number of carbonyl (C=O) groups excluding carboxylic acids is 2. The Kier molecular flexibility index (Phi) is 4.78. The van der Waals surface area contributed by atoms with Crippen LogP contribution in [0.5, 0.6) is 11.5 Å². The van der Waals surface area contributed by atoms with Crippen LogP contribution in [0.1, 0.15) is 24.0 Å². The average molecular weight is 406 g/mol. The normalized spacial score (nSPS) is 17.3. The molecule has 1 aromatic heterocycles. The molecular weight excluding hydrogens is 384 g/mol. The molecule has 2 aromatic carbocycles. The predicted molar refractivity (Wildman–Crippen MR) is 109 cm³/mol. The highest BCUT2D eigenvalue weighted by molar-refractivity contribution is 5.87. The Balaban J connectivity index is 1.39. The van der Waals surface area contributed by atoms with Crippen molar-refractivity contribution >= 4 is 22.8 Å². The van der Waals surface area contributed by atoms with E-state index in [4.69, 9.17) is 14.2 Å². The number of carbonyl (C=O) groups is 2. The van der Waals surface area contributed by atoms with Crippen LogP contribution < -0.4 is 9.47 Å². The number of fused-ring (bicyclic) bond motifs is 2. The van der Waals surface area contributed by atoms with Crippen molar-refractivity contribution in [1.29, 1.82) is 0 Å². The van der Waals surface area contributed by atoms with E-state index in [9.17, 15) is 9.59 Å². The lowest BCUT2D eigenvalue weighted by Gasteiger charge is -2.25. The van der Waals surface area contributed by atoms with Gasteiger partial charge >= 0.3 is 5.97 Å². The molecule has 3 heterocycles. The maximum atomic E-state index is 13.2. The Hall–Kier alpha value is -3.48. The van der Waals surface area contributed by atoms with Gasteiger partial charge in [-0.15, -0.1) is 0 Å². The summed E-state index contributed by atoms with van der Waals surface area (Å²) in [4.78, 5) is 29.8. The van der Waals surface area contributed by atoms with Crippen molar-refractivity contribution in [2.75, 3.05) is 13.3 Å². The van der Waals surface area contributed by atoms with Crippen molar-refractivity contribution in [1.82, 2.24) is 9.88 Å². The number of aromatic nitrogens is 1. The van der Waals surface area contributed by atoms with Crippen LogP contribution in [0.2, 0.25) is 0 Å². The van der Waals surface area contributed by atoms with Crippen molar-refractivity contribution in [3.05, 3.63) is 59.8 Å². The second-order valence-electron chi connectivity index (χ2n) is 7.54. The number of H-pyrrole nitrogens is 1. The number of rotatable bonds is 6. The average Bonchev–Trinajstić information content (AvgIpc) is 3.50. The highest BCUT2D eigenvalue weighted by atomic mass is 16.7. The van der Waals surface area contributed by atoms with Crippen LogP contribution in [0.4, 0.5) is 0 Å². The van der Waals surface area contributed by atoms with E-state index in [0.29, 0.717) is 37.4 Å². The van der Waals surface area contributed by atoms with E-state index in [-0.39, 0.29) is 25.1 Å². The van der Waals surface area contributed by atoms with Crippen molar-refractivity contribution in [2.24, 2.45) is 0 Å². The Morgan fingerprint density at radius 2 is 2.00 bits per heavy atom. The highest BCUT2D eigenvalue weighted by Gasteiger charge is 2.33. The Morgan fingerprint density at radius 1 is 1.10 bits per heavy atom. The fourth-order valence-electron chi connectivity index (χ4n) is 4.08. The van der Waals surface area contributed by atoms with Crippen LogP contribution >= 0.6 is 0 Å². The fraction of sp³-hybridized carbons (Fsp3) is 0.304. The second kappa shape index (κ2) is 7.74. The first-order valence-corrected chi connectivity index (χ1v) is 10.1. The van der Waals surface area contributed by atoms with Gasteiger partial charge in [0.15, 0.2) is 17.6 Å². The number of para-hydroxylation sites is 2. The standard InChI is InChI=1S/C23H22N2O5/c26-21-9-8-20(30-21)23(27)25(13-16-4-3-7-19-22(16)29-14-28-19)11-10-15-12-24-18-6-2-1-5-17(15)18/h1-7,12,20,24H,8-11,13-14H2/t20-/m0/s1. The molecule has 1 N–H and O–H groups in total. The van der Waals surface area contributed by atoms with Gasteiger partial charge in [0.05, 0.1) is 0 Å². The Morgan fingerprint density at radius 3 is 2.87 bits per heavy atom. The third-order valence-electron chi connectivity index (χ3n) is 5.64. The molecule has 0 unspecified atom stereocenters. The third-order valence-corrected chi connectivity index (χ3v) is 5.64. The molecule has 0 spiro atoms. The minimum atomic E-state index is -0.714. The number of hydrogen-bond acceptors (Lipinski definition) is 5. The zero-order valence-corrected chi connectivity index (χ0v) is 16.4. The van der Waals surface area contributed by atoms with E-state index in [1.165, 1.54) is 0 Å². The van der Waals surface area contributed by atoms with Gasteiger partial charge in [-0.25, -0.2) is 0 Å². The van der Waals surface area contributed by atoms with Crippen molar-refractivity contribution in [3.8, 4) is 11.5 Å². The Bertz CT molecular complexity index is 1110. The van der Waals surface area contributed by atoms with Crippen LogP contribution in [-0.2, 0) is 27.3 Å². The summed E-state index contributed by atoms with van der Waals surface area (Å²) in [5.41, 5.74) is 3.09. The fourth-order valence-corrected chi connectivity index (χ4v) is 4.08. The molecule has 0 bridgehead atoms. The van der Waals surface area contributed by atoms with Gasteiger partial charge in [-0.1, -0.05) is 30.3 Å². The summed E-state index contributed by atoms with van der Waals surface area (Å²) in [6.45, 7) is 1.04. The maximum absolute atomic E-state index is 13.2. The van der Waals surface area contributed by atoms with Crippen molar-refractivity contribution < 1.29 is 23.8 Å². The number of amides is 1. The zero-order valence-electron chi connectivity index (χ0n) is 16.4. The second-order valence-corrected chi connectivity index (χ2v) is 7.54. The molecule has 0 aliphatic carbocycles. The van der Waals surface area contributed by atoms with E-state index < -0.39 is 6.10 Å². The molecule has 5 rings (SSSR count). The lowest BCUT2D eigenvalue weighted by Crippen LogP contribution is -2.40. The van der Waals surface area contributed by atoms with Gasteiger partial charge in [0.2, 0.25) is 6.79 Å². The monoisotopic (exact) mass is 406 g/mol. The highest BCUT2D eigenvalue weighted by Crippen LogP contribution is 2.36. The quantitative estimate of drug-likeness (QED) is 0.636. The summed E-state index contributed by atoms with van der Waals surface area (Å²) < 4.78 is 16.3. The van der Waals surface area contributed by atoms with E-state index in [0.717, 1.165) is 22.0 Å². The summed E-state index contributed by atoms with van der Waals surface area (Å²) in [6.07, 6.45) is 2.66. The molecule has 1 amide bonds. The number of nitrogens with zero attached hydrogens (tertiary/aromatic N) is 1. The molecular formula is C23H22N2O5. The summed E-state index contributed by atoms with van der Waals surface area (Å²) in [6, 6.07) is 13.8. The van der Waals surface area contributed by atoms with Crippen molar-refractivity contribution in [3.63, 3.8) is 0 Å². The molecule has 0 radical (unpaired) electrons. The summed E-state index contributed by atoms with van der Waals surface area (Å²) in [5.74, 6) is 0.870. The van der Waals surface area contributed by atoms with Crippen LogP contribution in [0.3, 0.4) is 0 Å².